The fourth-order valence-electron chi connectivity index (χ4n) is 3.57. The molecule has 0 aliphatic heterocycles. The van der Waals surface area contributed by atoms with E-state index in [9.17, 15) is 0 Å². The highest BCUT2D eigenvalue weighted by Crippen LogP contribution is 2.40. The van der Waals surface area contributed by atoms with E-state index in [0.717, 1.165) is 17.4 Å². The number of benzene rings is 1. The largest absolute Gasteiger partial charge is 0.495 e. The van der Waals surface area contributed by atoms with Gasteiger partial charge in [0, 0.05) is 6.04 Å². The lowest BCUT2D eigenvalue weighted by atomic mass is 9.69. The standard InChI is InChI=1S/C20H32N2OS/c1-6-20(3,4)15-8-10-16(11-9-15)21-19(24)22-17-13-14(2)7-12-18(17)23-5/h7,12-13,15-16H,6,8-11H2,1-5H3,(H2,21,22,24). The molecule has 0 radical (unpaired) electrons. The van der Waals surface area contributed by atoms with Crippen molar-refractivity contribution in [1.29, 1.82) is 0 Å². The second-order valence-electron chi connectivity index (χ2n) is 7.69. The molecule has 0 unspecified atom stereocenters. The third-order valence-corrected chi connectivity index (χ3v) is 5.90. The topological polar surface area (TPSA) is 33.3 Å². The minimum atomic E-state index is 0.457. The number of hydrogen-bond acceptors (Lipinski definition) is 2. The van der Waals surface area contributed by atoms with E-state index in [1.165, 1.54) is 37.7 Å². The number of ether oxygens (including phenoxy) is 1. The highest BCUT2D eigenvalue weighted by Gasteiger charge is 2.31. The predicted molar refractivity (Wildman–Crippen MR) is 107 cm³/mol. The fraction of sp³-hybridized carbons (Fsp3) is 0.650. The van der Waals surface area contributed by atoms with Crippen molar-refractivity contribution in [3.05, 3.63) is 23.8 Å². The summed E-state index contributed by atoms with van der Waals surface area (Å²) < 4.78 is 5.41. The SMILES string of the molecule is CCC(C)(C)C1CCC(NC(=S)Nc2cc(C)ccc2OC)CC1. The maximum atomic E-state index is 5.52. The summed E-state index contributed by atoms with van der Waals surface area (Å²) in [6.45, 7) is 9.18. The Bertz CT molecular complexity index is 563. The third-order valence-electron chi connectivity index (χ3n) is 5.68. The van der Waals surface area contributed by atoms with E-state index in [1.54, 1.807) is 7.11 Å². The van der Waals surface area contributed by atoms with Gasteiger partial charge < -0.3 is 15.4 Å². The quantitative estimate of drug-likeness (QED) is 0.709. The summed E-state index contributed by atoms with van der Waals surface area (Å²) in [6, 6.07) is 6.55. The molecule has 0 saturated heterocycles. The summed E-state index contributed by atoms with van der Waals surface area (Å²) in [4.78, 5) is 0. The first-order chi connectivity index (χ1) is 11.4. The molecule has 1 saturated carbocycles. The minimum Gasteiger partial charge on any atom is -0.495 e. The average molecular weight is 349 g/mol. The van der Waals surface area contributed by atoms with Crippen LogP contribution in [0.5, 0.6) is 5.75 Å². The molecule has 2 N–H and O–H groups in total. The zero-order valence-corrected chi connectivity index (χ0v) is 16.6. The lowest BCUT2D eigenvalue weighted by Crippen LogP contribution is -2.41. The molecule has 0 atom stereocenters. The molecule has 1 aromatic rings. The molecule has 1 aliphatic carbocycles. The van der Waals surface area contributed by atoms with Gasteiger partial charge in [0.15, 0.2) is 5.11 Å². The van der Waals surface area contributed by atoms with E-state index < -0.39 is 0 Å². The van der Waals surface area contributed by atoms with Crippen LogP contribution >= 0.6 is 12.2 Å². The second kappa shape index (κ2) is 8.19. The van der Waals surface area contributed by atoms with Crippen LogP contribution in [0, 0.1) is 18.3 Å². The monoisotopic (exact) mass is 348 g/mol. The molecule has 0 heterocycles. The fourth-order valence-corrected chi connectivity index (χ4v) is 3.85. The predicted octanol–water partition coefficient (Wildman–Crippen LogP) is 5.29. The summed E-state index contributed by atoms with van der Waals surface area (Å²) >= 11 is 5.52. The number of aryl methyl sites for hydroxylation is 1. The Hall–Kier alpha value is -1.29. The molecule has 1 fully saturated rings. The Balaban J connectivity index is 1.87. The zero-order valence-electron chi connectivity index (χ0n) is 15.7. The smallest absolute Gasteiger partial charge is 0.171 e. The van der Waals surface area contributed by atoms with E-state index >= 15 is 0 Å². The van der Waals surface area contributed by atoms with Crippen molar-refractivity contribution in [3.8, 4) is 5.75 Å². The summed E-state index contributed by atoms with van der Waals surface area (Å²) in [6.07, 6.45) is 6.22. The first-order valence-corrected chi connectivity index (χ1v) is 9.48. The van der Waals surface area contributed by atoms with Gasteiger partial charge in [-0.2, -0.15) is 0 Å². The van der Waals surface area contributed by atoms with E-state index in [4.69, 9.17) is 17.0 Å². The van der Waals surface area contributed by atoms with Crippen molar-refractivity contribution in [2.24, 2.45) is 11.3 Å². The highest BCUT2D eigenvalue weighted by atomic mass is 32.1. The maximum absolute atomic E-state index is 5.52. The molecule has 0 spiro atoms. The Kier molecular flexibility index (Phi) is 6.50. The first-order valence-electron chi connectivity index (χ1n) is 9.08. The van der Waals surface area contributed by atoms with E-state index in [2.05, 4.69) is 44.4 Å². The minimum absolute atomic E-state index is 0.457. The first kappa shape index (κ1) is 19.0. The molecule has 4 heteroatoms. The van der Waals surface area contributed by atoms with Crippen LogP contribution in [0.3, 0.4) is 0 Å². The second-order valence-corrected chi connectivity index (χ2v) is 8.10. The number of hydrogen-bond donors (Lipinski definition) is 2. The molecular formula is C20H32N2OS. The number of anilines is 1. The average Bonchev–Trinajstić information content (AvgIpc) is 2.55. The molecular weight excluding hydrogens is 316 g/mol. The van der Waals surface area contributed by atoms with Crippen LogP contribution in [-0.2, 0) is 0 Å². The third kappa shape index (κ3) is 4.85. The number of methoxy groups -OCH3 is 1. The Morgan fingerprint density at radius 1 is 1.25 bits per heavy atom. The molecule has 0 aromatic heterocycles. The normalized spacial score (nSPS) is 21.2. The molecule has 134 valence electrons. The van der Waals surface area contributed by atoms with Gasteiger partial charge in [-0.15, -0.1) is 0 Å². The van der Waals surface area contributed by atoms with Crippen molar-refractivity contribution < 1.29 is 4.74 Å². The van der Waals surface area contributed by atoms with Crippen LogP contribution in [-0.4, -0.2) is 18.3 Å². The van der Waals surface area contributed by atoms with Crippen LogP contribution in [0.1, 0.15) is 58.4 Å². The van der Waals surface area contributed by atoms with Gasteiger partial charge in [-0.25, -0.2) is 0 Å². The Morgan fingerprint density at radius 2 is 1.92 bits per heavy atom. The summed E-state index contributed by atoms with van der Waals surface area (Å²) in [5.74, 6) is 1.65. The van der Waals surface area contributed by atoms with Gasteiger partial charge in [-0.05, 0) is 73.9 Å². The van der Waals surface area contributed by atoms with E-state index in [1.807, 2.05) is 12.1 Å². The van der Waals surface area contributed by atoms with Gasteiger partial charge in [0.1, 0.15) is 5.75 Å². The van der Waals surface area contributed by atoms with Crippen LogP contribution in [0.2, 0.25) is 0 Å². The molecule has 1 aromatic carbocycles. The van der Waals surface area contributed by atoms with Crippen molar-refractivity contribution in [1.82, 2.24) is 5.32 Å². The van der Waals surface area contributed by atoms with Gasteiger partial charge >= 0.3 is 0 Å². The van der Waals surface area contributed by atoms with Gasteiger partial charge in [0.25, 0.3) is 0 Å². The Labute approximate surface area is 152 Å². The molecule has 0 bridgehead atoms. The molecule has 24 heavy (non-hydrogen) atoms. The molecule has 1 aliphatic rings. The summed E-state index contributed by atoms with van der Waals surface area (Å²) in [5.41, 5.74) is 2.57. The molecule has 3 nitrogen and oxygen atoms in total. The lowest BCUT2D eigenvalue weighted by molar-refractivity contribution is 0.141. The maximum Gasteiger partial charge on any atom is 0.171 e. The van der Waals surface area contributed by atoms with Crippen LogP contribution in [0.15, 0.2) is 18.2 Å². The van der Waals surface area contributed by atoms with Crippen molar-refractivity contribution in [2.45, 2.75) is 65.8 Å². The van der Waals surface area contributed by atoms with Crippen LogP contribution in [0.25, 0.3) is 0 Å². The van der Waals surface area contributed by atoms with Gasteiger partial charge in [-0.3, -0.25) is 0 Å². The highest BCUT2D eigenvalue weighted by molar-refractivity contribution is 7.80. The van der Waals surface area contributed by atoms with Crippen molar-refractivity contribution in [2.75, 3.05) is 12.4 Å². The van der Waals surface area contributed by atoms with Gasteiger partial charge in [0.05, 0.1) is 12.8 Å². The number of thiocarbonyl (C=S) groups is 1. The van der Waals surface area contributed by atoms with Gasteiger partial charge in [-0.1, -0.05) is 33.3 Å². The van der Waals surface area contributed by atoms with Crippen LogP contribution < -0.4 is 15.4 Å². The number of nitrogens with one attached hydrogen (secondary N) is 2. The lowest BCUT2D eigenvalue weighted by Gasteiger charge is -2.39. The summed E-state index contributed by atoms with van der Waals surface area (Å²) in [7, 11) is 1.68. The van der Waals surface area contributed by atoms with Gasteiger partial charge in [0.2, 0.25) is 0 Å². The van der Waals surface area contributed by atoms with Crippen molar-refractivity contribution in [3.63, 3.8) is 0 Å². The summed E-state index contributed by atoms with van der Waals surface area (Å²) in [5, 5.41) is 7.48. The van der Waals surface area contributed by atoms with Crippen molar-refractivity contribution >= 4 is 23.0 Å². The van der Waals surface area contributed by atoms with E-state index in [-0.39, 0.29) is 0 Å². The van der Waals surface area contributed by atoms with E-state index in [0.29, 0.717) is 16.6 Å². The van der Waals surface area contributed by atoms with Crippen LogP contribution in [0.4, 0.5) is 5.69 Å². The number of rotatable bonds is 5. The molecule has 0 amide bonds. The molecule has 2 rings (SSSR count). The Morgan fingerprint density at radius 3 is 2.50 bits per heavy atom. The zero-order chi connectivity index (χ0) is 17.7.